The molecule has 0 radical (unpaired) electrons. The molecule has 2 rings (SSSR count). The van der Waals surface area contributed by atoms with E-state index in [9.17, 15) is 4.79 Å². The highest BCUT2D eigenvalue weighted by Crippen LogP contribution is 2.15. The fourth-order valence-electron chi connectivity index (χ4n) is 1.37. The molecule has 13 heavy (non-hydrogen) atoms. The van der Waals surface area contributed by atoms with E-state index in [1.165, 1.54) is 0 Å². The molecule has 0 atom stereocenters. The zero-order valence-corrected chi connectivity index (χ0v) is 7.45. The fourth-order valence-corrected chi connectivity index (χ4v) is 1.37. The molecule has 1 amide bonds. The van der Waals surface area contributed by atoms with Crippen molar-refractivity contribution in [1.29, 1.82) is 0 Å². The van der Waals surface area contributed by atoms with E-state index in [4.69, 9.17) is 0 Å². The van der Waals surface area contributed by atoms with Crippen LogP contribution in [0, 0.1) is 0 Å². The molecule has 4 heteroatoms. The Morgan fingerprint density at radius 1 is 1.62 bits per heavy atom. The Morgan fingerprint density at radius 3 is 3.31 bits per heavy atom. The zero-order chi connectivity index (χ0) is 9.26. The number of anilines is 1. The molecule has 0 aromatic carbocycles. The summed E-state index contributed by atoms with van der Waals surface area (Å²) >= 11 is 0. The number of likely N-dealkylation sites (N-methyl/N-ethyl adjacent to an activating group) is 1. The van der Waals surface area contributed by atoms with Gasteiger partial charge in [-0.1, -0.05) is 0 Å². The van der Waals surface area contributed by atoms with Crippen LogP contribution in [0.5, 0.6) is 0 Å². The first-order chi connectivity index (χ1) is 6.29. The van der Waals surface area contributed by atoms with Crippen LogP contribution in [0.15, 0.2) is 18.3 Å². The van der Waals surface area contributed by atoms with E-state index in [-0.39, 0.29) is 5.91 Å². The average Bonchev–Trinajstić information content (AvgIpc) is 2.29. The fraction of sp³-hybridized carbons (Fsp3) is 0.333. The largest absolute Gasteiger partial charge is 0.368 e. The predicted molar refractivity (Wildman–Crippen MR) is 49.7 cm³/mol. The number of amides is 1. The lowest BCUT2D eigenvalue weighted by molar-refractivity contribution is 0.0805. The number of aromatic nitrogens is 1. The van der Waals surface area contributed by atoms with Gasteiger partial charge in [-0.3, -0.25) is 4.79 Å². The van der Waals surface area contributed by atoms with Gasteiger partial charge in [-0.2, -0.15) is 0 Å². The van der Waals surface area contributed by atoms with Gasteiger partial charge in [-0.25, -0.2) is 4.98 Å². The maximum Gasteiger partial charge on any atom is 0.257 e. The highest BCUT2D eigenvalue weighted by Gasteiger charge is 2.19. The Morgan fingerprint density at radius 2 is 2.46 bits per heavy atom. The van der Waals surface area contributed by atoms with E-state index in [2.05, 4.69) is 10.3 Å². The van der Waals surface area contributed by atoms with Crippen molar-refractivity contribution in [2.45, 2.75) is 0 Å². The molecule has 0 unspecified atom stereocenters. The van der Waals surface area contributed by atoms with Crippen LogP contribution in [0.25, 0.3) is 0 Å². The number of nitrogens with zero attached hydrogens (tertiary/aromatic N) is 2. The Hall–Kier alpha value is -1.58. The minimum Gasteiger partial charge on any atom is -0.368 e. The number of rotatable bonds is 0. The van der Waals surface area contributed by atoms with Crippen LogP contribution in [0.4, 0.5) is 5.82 Å². The van der Waals surface area contributed by atoms with Gasteiger partial charge in [0.1, 0.15) is 5.82 Å². The Balaban J connectivity index is 2.46. The topological polar surface area (TPSA) is 45.2 Å². The third-order valence-electron chi connectivity index (χ3n) is 2.12. The predicted octanol–water partition coefficient (Wildman–Crippen LogP) is 0.579. The molecular formula is C9H11N3O. The molecule has 1 aromatic rings. The second-order valence-electron chi connectivity index (χ2n) is 3.05. The first-order valence-corrected chi connectivity index (χ1v) is 4.23. The molecule has 68 valence electrons. The van der Waals surface area contributed by atoms with Crippen molar-refractivity contribution in [3.05, 3.63) is 23.9 Å². The van der Waals surface area contributed by atoms with Gasteiger partial charge < -0.3 is 10.2 Å². The van der Waals surface area contributed by atoms with E-state index >= 15 is 0 Å². The standard InChI is InChI=1S/C9H11N3O/c1-12-6-5-11-8-7(9(12)13)3-2-4-10-8/h2-4H,5-6H2,1H3,(H,10,11). The maximum absolute atomic E-state index is 11.7. The first-order valence-electron chi connectivity index (χ1n) is 4.23. The van der Waals surface area contributed by atoms with Crippen LogP contribution < -0.4 is 5.32 Å². The molecule has 4 nitrogen and oxygen atoms in total. The van der Waals surface area contributed by atoms with Crippen LogP contribution in [-0.4, -0.2) is 35.9 Å². The molecule has 1 aromatic heterocycles. The molecule has 1 N–H and O–H groups in total. The zero-order valence-electron chi connectivity index (χ0n) is 7.45. The SMILES string of the molecule is CN1CCNc2ncccc2C1=O. The molecular weight excluding hydrogens is 166 g/mol. The minimum absolute atomic E-state index is 0.0353. The molecule has 0 bridgehead atoms. The van der Waals surface area contributed by atoms with Crippen molar-refractivity contribution in [1.82, 2.24) is 9.88 Å². The summed E-state index contributed by atoms with van der Waals surface area (Å²) in [6.45, 7) is 1.47. The van der Waals surface area contributed by atoms with Crippen LogP contribution in [0.1, 0.15) is 10.4 Å². The number of carbonyl (C=O) groups excluding carboxylic acids is 1. The summed E-state index contributed by atoms with van der Waals surface area (Å²) in [7, 11) is 1.80. The second kappa shape index (κ2) is 3.05. The Labute approximate surface area is 76.6 Å². The van der Waals surface area contributed by atoms with Crippen LogP contribution in [-0.2, 0) is 0 Å². The molecule has 0 saturated carbocycles. The monoisotopic (exact) mass is 177 g/mol. The molecule has 2 heterocycles. The summed E-state index contributed by atoms with van der Waals surface area (Å²) in [4.78, 5) is 17.5. The third kappa shape index (κ3) is 1.35. The average molecular weight is 177 g/mol. The molecule has 0 fully saturated rings. The van der Waals surface area contributed by atoms with E-state index < -0.39 is 0 Å². The maximum atomic E-state index is 11.7. The highest BCUT2D eigenvalue weighted by molar-refractivity contribution is 5.99. The minimum atomic E-state index is 0.0353. The number of hydrogen-bond donors (Lipinski definition) is 1. The lowest BCUT2D eigenvalue weighted by Crippen LogP contribution is -2.27. The van der Waals surface area contributed by atoms with Gasteiger partial charge in [0.2, 0.25) is 0 Å². The summed E-state index contributed by atoms with van der Waals surface area (Å²) in [5.74, 6) is 0.727. The van der Waals surface area contributed by atoms with Crippen molar-refractivity contribution in [2.24, 2.45) is 0 Å². The van der Waals surface area contributed by atoms with Crippen molar-refractivity contribution in [3.8, 4) is 0 Å². The van der Waals surface area contributed by atoms with Crippen LogP contribution >= 0.6 is 0 Å². The summed E-state index contributed by atoms with van der Waals surface area (Å²) in [5.41, 5.74) is 0.655. The molecule has 0 aliphatic carbocycles. The number of pyridine rings is 1. The molecule has 0 spiro atoms. The van der Waals surface area contributed by atoms with Crippen LogP contribution in [0.3, 0.4) is 0 Å². The van der Waals surface area contributed by atoms with Crippen molar-refractivity contribution >= 4 is 11.7 Å². The summed E-state index contributed by atoms with van der Waals surface area (Å²) in [6, 6.07) is 3.57. The Kier molecular flexibility index (Phi) is 1.88. The lowest BCUT2D eigenvalue weighted by atomic mass is 10.2. The van der Waals surface area contributed by atoms with Gasteiger partial charge in [0.25, 0.3) is 5.91 Å². The number of hydrogen-bond acceptors (Lipinski definition) is 3. The summed E-state index contributed by atoms with van der Waals surface area (Å²) in [6.07, 6.45) is 1.68. The summed E-state index contributed by atoms with van der Waals surface area (Å²) in [5, 5.41) is 3.11. The van der Waals surface area contributed by atoms with Crippen molar-refractivity contribution in [3.63, 3.8) is 0 Å². The number of nitrogens with one attached hydrogen (secondary N) is 1. The summed E-state index contributed by atoms with van der Waals surface area (Å²) < 4.78 is 0. The second-order valence-corrected chi connectivity index (χ2v) is 3.05. The number of carbonyl (C=O) groups is 1. The van der Waals surface area contributed by atoms with Gasteiger partial charge in [0.15, 0.2) is 0 Å². The highest BCUT2D eigenvalue weighted by atomic mass is 16.2. The Bertz CT molecular complexity index is 337. The van der Waals surface area contributed by atoms with Gasteiger partial charge in [0.05, 0.1) is 5.56 Å². The van der Waals surface area contributed by atoms with Gasteiger partial charge in [0, 0.05) is 26.3 Å². The number of fused-ring (bicyclic) bond motifs is 1. The van der Waals surface area contributed by atoms with Gasteiger partial charge >= 0.3 is 0 Å². The lowest BCUT2D eigenvalue weighted by Gasteiger charge is -2.12. The molecule has 1 aliphatic rings. The normalized spacial score (nSPS) is 16.1. The van der Waals surface area contributed by atoms with Crippen LogP contribution in [0.2, 0.25) is 0 Å². The van der Waals surface area contributed by atoms with Crippen molar-refractivity contribution < 1.29 is 4.79 Å². The van der Waals surface area contributed by atoms with E-state index in [1.807, 2.05) is 0 Å². The third-order valence-corrected chi connectivity index (χ3v) is 2.12. The molecule has 1 aliphatic heterocycles. The van der Waals surface area contributed by atoms with E-state index in [1.54, 1.807) is 30.3 Å². The van der Waals surface area contributed by atoms with E-state index in [0.29, 0.717) is 11.4 Å². The van der Waals surface area contributed by atoms with Gasteiger partial charge in [-0.15, -0.1) is 0 Å². The molecule has 0 saturated heterocycles. The van der Waals surface area contributed by atoms with Gasteiger partial charge in [-0.05, 0) is 12.1 Å². The van der Waals surface area contributed by atoms with Crippen molar-refractivity contribution in [2.75, 3.05) is 25.5 Å². The quantitative estimate of drug-likeness (QED) is 0.630. The first kappa shape index (κ1) is 8.04. The smallest absolute Gasteiger partial charge is 0.257 e. The van der Waals surface area contributed by atoms with E-state index in [0.717, 1.165) is 13.1 Å².